The van der Waals surface area contributed by atoms with Crippen LogP contribution in [0.15, 0.2) is 6.07 Å². The van der Waals surface area contributed by atoms with Crippen molar-refractivity contribution in [2.24, 2.45) is 7.05 Å². The number of hydrogen-bond donors (Lipinski definition) is 1. The molecule has 0 spiro atoms. The van der Waals surface area contributed by atoms with E-state index in [1.54, 1.807) is 0 Å². The number of nitrogens with zero attached hydrogens (tertiary/aromatic N) is 1. The maximum atomic E-state index is 3.39. The summed E-state index contributed by atoms with van der Waals surface area (Å²) >= 11 is 0. The van der Waals surface area contributed by atoms with Gasteiger partial charge in [0, 0.05) is 24.5 Å². The molecule has 0 aliphatic heterocycles. The number of fused-ring (bicyclic) bond motifs is 1. The van der Waals surface area contributed by atoms with Crippen LogP contribution < -0.4 is 5.32 Å². The first-order valence-corrected chi connectivity index (χ1v) is 5.06. The Morgan fingerprint density at radius 1 is 1.54 bits per heavy atom. The smallest absolute Gasteiger partial charge is 0.0335 e. The summed E-state index contributed by atoms with van der Waals surface area (Å²) in [6.45, 7) is 2.19. The van der Waals surface area contributed by atoms with Gasteiger partial charge in [0.1, 0.15) is 0 Å². The topological polar surface area (TPSA) is 17.0 Å². The van der Waals surface area contributed by atoms with Gasteiger partial charge in [0.15, 0.2) is 0 Å². The molecule has 1 N–H and O–H groups in total. The van der Waals surface area contributed by atoms with Gasteiger partial charge in [-0.25, -0.2) is 0 Å². The maximum absolute atomic E-state index is 3.39. The third kappa shape index (κ3) is 1.29. The van der Waals surface area contributed by atoms with Crippen LogP contribution in [0, 0.1) is 6.92 Å². The Morgan fingerprint density at radius 2 is 2.31 bits per heavy atom. The number of hydrogen-bond acceptors (Lipinski definition) is 1. The van der Waals surface area contributed by atoms with Crippen LogP contribution >= 0.6 is 0 Å². The van der Waals surface area contributed by atoms with Gasteiger partial charge < -0.3 is 9.88 Å². The van der Waals surface area contributed by atoms with Crippen LogP contribution in [0.4, 0.5) is 0 Å². The molecule has 72 valence electrons. The zero-order valence-corrected chi connectivity index (χ0v) is 8.72. The quantitative estimate of drug-likeness (QED) is 0.695. The molecule has 0 radical (unpaired) electrons. The molecule has 1 unspecified atom stereocenters. The second kappa shape index (κ2) is 3.18. The molecule has 0 saturated carbocycles. The van der Waals surface area contributed by atoms with E-state index >= 15 is 0 Å². The fourth-order valence-electron chi connectivity index (χ4n) is 2.35. The SMILES string of the molecule is CNC1CCCc2c1cc(C)n2C. The van der Waals surface area contributed by atoms with E-state index in [0.29, 0.717) is 6.04 Å². The van der Waals surface area contributed by atoms with Crippen molar-refractivity contribution in [3.05, 3.63) is 23.0 Å². The minimum absolute atomic E-state index is 0.587. The van der Waals surface area contributed by atoms with Gasteiger partial charge in [-0.2, -0.15) is 0 Å². The minimum Gasteiger partial charge on any atom is -0.352 e. The predicted molar refractivity (Wildman–Crippen MR) is 54.9 cm³/mol. The zero-order chi connectivity index (χ0) is 9.42. The predicted octanol–water partition coefficient (Wildman–Crippen LogP) is 1.93. The van der Waals surface area contributed by atoms with Crippen LogP contribution in [0.2, 0.25) is 0 Å². The molecule has 1 atom stereocenters. The lowest BCUT2D eigenvalue weighted by Crippen LogP contribution is -2.21. The molecule has 0 fully saturated rings. The van der Waals surface area contributed by atoms with E-state index in [-0.39, 0.29) is 0 Å². The summed E-state index contributed by atoms with van der Waals surface area (Å²) in [6, 6.07) is 2.92. The van der Waals surface area contributed by atoms with E-state index in [1.807, 2.05) is 0 Å². The normalized spacial score (nSPS) is 21.6. The van der Waals surface area contributed by atoms with Crippen molar-refractivity contribution < 1.29 is 0 Å². The highest BCUT2D eigenvalue weighted by Crippen LogP contribution is 2.31. The summed E-state index contributed by atoms with van der Waals surface area (Å²) in [7, 11) is 4.23. The van der Waals surface area contributed by atoms with Gasteiger partial charge in [0.05, 0.1) is 0 Å². The average Bonchev–Trinajstić information content (AvgIpc) is 2.43. The van der Waals surface area contributed by atoms with Gasteiger partial charge in [-0.1, -0.05) is 0 Å². The Bertz CT molecular complexity index is 312. The monoisotopic (exact) mass is 178 g/mol. The van der Waals surface area contributed by atoms with E-state index in [2.05, 4.69) is 37.0 Å². The fraction of sp³-hybridized carbons (Fsp3) is 0.636. The van der Waals surface area contributed by atoms with Crippen LogP contribution in [0.25, 0.3) is 0 Å². The van der Waals surface area contributed by atoms with Crippen molar-refractivity contribution in [3.63, 3.8) is 0 Å². The molecule has 0 bridgehead atoms. The molecular weight excluding hydrogens is 160 g/mol. The highest BCUT2D eigenvalue weighted by Gasteiger charge is 2.21. The third-order valence-electron chi connectivity index (χ3n) is 3.26. The minimum atomic E-state index is 0.587. The van der Waals surface area contributed by atoms with E-state index in [0.717, 1.165) is 0 Å². The van der Waals surface area contributed by atoms with Crippen molar-refractivity contribution in [2.75, 3.05) is 7.05 Å². The Morgan fingerprint density at radius 3 is 3.00 bits per heavy atom. The molecule has 1 aromatic heterocycles. The molecule has 1 aromatic rings. The molecule has 13 heavy (non-hydrogen) atoms. The third-order valence-corrected chi connectivity index (χ3v) is 3.26. The van der Waals surface area contributed by atoms with Gasteiger partial charge in [-0.15, -0.1) is 0 Å². The van der Waals surface area contributed by atoms with E-state index < -0.39 is 0 Å². The molecule has 0 aromatic carbocycles. The first kappa shape index (κ1) is 8.82. The highest BCUT2D eigenvalue weighted by molar-refractivity contribution is 5.32. The van der Waals surface area contributed by atoms with Crippen LogP contribution in [-0.2, 0) is 13.5 Å². The van der Waals surface area contributed by atoms with Crippen molar-refractivity contribution in [1.82, 2.24) is 9.88 Å². The number of nitrogens with one attached hydrogen (secondary N) is 1. The van der Waals surface area contributed by atoms with Gasteiger partial charge in [0.25, 0.3) is 0 Å². The van der Waals surface area contributed by atoms with Crippen LogP contribution in [-0.4, -0.2) is 11.6 Å². The summed E-state index contributed by atoms with van der Waals surface area (Å²) in [4.78, 5) is 0. The lowest BCUT2D eigenvalue weighted by Gasteiger charge is -2.22. The molecule has 0 saturated heterocycles. The zero-order valence-electron chi connectivity index (χ0n) is 8.72. The fourth-order valence-corrected chi connectivity index (χ4v) is 2.35. The highest BCUT2D eigenvalue weighted by atomic mass is 15.0. The lowest BCUT2D eigenvalue weighted by molar-refractivity contribution is 0.487. The number of aromatic nitrogens is 1. The average molecular weight is 178 g/mol. The molecule has 2 rings (SSSR count). The maximum Gasteiger partial charge on any atom is 0.0335 e. The van der Waals surface area contributed by atoms with E-state index in [4.69, 9.17) is 0 Å². The molecule has 1 aliphatic rings. The largest absolute Gasteiger partial charge is 0.352 e. The van der Waals surface area contributed by atoms with Gasteiger partial charge >= 0.3 is 0 Å². The molecular formula is C11H18N2. The van der Waals surface area contributed by atoms with Crippen molar-refractivity contribution in [2.45, 2.75) is 32.2 Å². The summed E-state index contributed by atoms with van der Waals surface area (Å²) in [5.74, 6) is 0. The van der Waals surface area contributed by atoms with E-state index in [9.17, 15) is 0 Å². The first-order chi connectivity index (χ1) is 6.24. The van der Waals surface area contributed by atoms with Crippen molar-refractivity contribution >= 4 is 0 Å². The van der Waals surface area contributed by atoms with Crippen LogP contribution in [0.5, 0.6) is 0 Å². The second-order valence-electron chi connectivity index (χ2n) is 3.98. The molecule has 2 heteroatoms. The van der Waals surface area contributed by atoms with Crippen LogP contribution in [0.1, 0.15) is 35.8 Å². The van der Waals surface area contributed by atoms with Gasteiger partial charge in [-0.05, 0) is 44.9 Å². The summed E-state index contributed by atoms with van der Waals surface area (Å²) in [6.07, 6.45) is 3.85. The molecule has 1 aliphatic carbocycles. The second-order valence-corrected chi connectivity index (χ2v) is 3.98. The summed E-state index contributed by atoms with van der Waals surface area (Å²) in [5, 5.41) is 3.39. The number of rotatable bonds is 1. The van der Waals surface area contributed by atoms with Crippen molar-refractivity contribution in [1.29, 1.82) is 0 Å². The van der Waals surface area contributed by atoms with Crippen molar-refractivity contribution in [3.8, 4) is 0 Å². The Balaban J connectivity index is 2.45. The van der Waals surface area contributed by atoms with Crippen LogP contribution in [0.3, 0.4) is 0 Å². The Kier molecular flexibility index (Phi) is 2.16. The van der Waals surface area contributed by atoms with Gasteiger partial charge in [0.2, 0.25) is 0 Å². The number of aryl methyl sites for hydroxylation is 1. The van der Waals surface area contributed by atoms with Gasteiger partial charge in [-0.3, -0.25) is 0 Å². The summed E-state index contributed by atoms with van der Waals surface area (Å²) in [5.41, 5.74) is 4.43. The Hall–Kier alpha value is -0.760. The molecule has 1 heterocycles. The lowest BCUT2D eigenvalue weighted by atomic mass is 9.93. The standard InChI is InChI=1S/C11H18N2/c1-8-7-9-10(12-2)5-4-6-11(9)13(8)3/h7,10,12H,4-6H2,1-3H3. The Labute approximate surface area is 79.9 Å². The first-order valence-electron chi connectivity index (χ1n) is 5.06. The molecule has 0 amide bonds. The van der Waals surface area contributed by atoms with E-state index in [1.165, 1.54) is 36.2 Å². The molecule has 2 nitrogen and oxygen atoms in total. The summed E-state index contributed by atoms with van der Waals surface area (Å²) < 4.78 is 2.33.